The number of rotatable bonds is 3. The van der Waals surface area contributed by atoms with Crippen molar-refractivity contribution in [1.29, 1.82) is 0 Å². The molecule has 3 aromatic heterocycles. The van der Waals surface area contributed by atoms with Crippen molar-refractivity contribution in [2.24, 2.45) is 13.0 Å². The number of aromatic amines is 1. The van der Waals surface area contributed by atoms with Gasteiger partial charge >= 0.3 is 0 Å². The van der Waals surface area contributed by atoms with E-state index < -0.39 is 0 Å². The van der Waals surface area contributed by atoms with Gasteiger partial charge in [-0.25, -0.2) is 9.97 Å². The number of hydrogen-bond acceptors (Lipinski definition) is 5. The molecule has 1 unspecified atom stereocenters. The summed E-state index contributed by atoms with van der Waals surface area (Å²) in [6.07, 6.45) is 9.72. The highest BCUT2D eigenvalue weighted by molar-refractivity contribution is 5.86. The lowest BCUT2D eigenvalue weighted by molar-refractivity contribution is 0.586. The van der Waals surface area contributed by atoms with Crippen molar-refractivity contribution >= 4 is 16.9 Å². The Kier molecular flexibility index (Phi) is 2.83. The number of nitrogens with zero attached hydrogens (tertiary/aromatic N) is 6. The Hall–Kier alpha value is -2.44. The maximum atomic E-state index is 4.45. The average molecular weight is 283 g/mol. The summed E-state index contributed by atoms with van der Waals surface area (Å²) in [5.74, 6) is 1.63. The molecule has 1 atom stereocenters. The number of hydrogen-bond donors (Lipinski definition) is 1. The minimum Gasteiger partial charge on any atom is -0.356 e. The van der Waals surface area contributed by atoms with Crippen molar-refractivity contribution in [3.05, 3.63) is 30.5 Å². The monoisotopic (exact) mass is 283 g/mol. The molecule has 0 spiro atoms. The first-order chi connectivity index (χ1) is 10.3. The van der Waals surface area contributed by atoms with Crippen LogP contribution < -0.4 is 4.90 Å². The van der Waals surface area contributed by atoms with Crippen molar-refractivity contribution in [3.63, 3.8) is 0 Å². The lowest BCUT2D eigenvalue weighted by Gasteiger charge is -2.17. The molecule has 0 radical (unpaired) electrons. The second-order valence-corrected chi connectivity index (χ2v) is 5.66. The summed E-state index contributed by atoms with van der Waals surface area (Å²) in [6.45, 7) is 2.05. The summed E-state index contributed by atoms with van der Waals surface area (Å²) in [5, 5.41) is 12.2. The minimum absolute atomic E-state index is 0.645. The molecule has 0 bridgehead atoms. The van der Waals surface area contributed by atoms with E-state index >= 15 is 0 Å². The molecule has 0 aromatic carbocycles. The fourth-order valence-corrected chi connectivity index (χ4v) is 3.11. The molecule has 1 fully saturated rings. The fraction of sp³-hybridized carbons (Fsp3) is 0.429. The van der Waals surface area contributed by atoms with Gasteiger partial charge in [0, 0.05) is 26.3 Å². The van der Waals surface area contributed by atoms with Crippen LogP contribution >= 0.6 is 0 Å². The van der Waals surface area contributed by atoms with E-state index in [4.69, 9.17) is 0 Å². The highest BCUT2D eigenvalue weighted by Gasteiger charge is 2.25. The number of nitrogens with one attached hydrogen (secondary N) is 1. The van der Waals surface area contributed by atoms with Crippen LogP contribution in [0.1, 0.15) is 12.0 Å². The van der Waals surface area contributed by atoms with Gasteiger partial charge < -0.3 is 4.90 Å². The van der Waals surface area contributed by atoms with Gasteiger partial charge in [0.05, 0.1) is 17.8 Å². The summed E-state index contributed by atoms with van der Waals surface area (Å²) in [7, 11) is 1.96. The molecule has 1 N–H and O–H groups in total. The first-order valence-electron chi connectivity index (χ1n) is 7.16. The van der Waals surface area contributed by atoms with Gasteiger partial charge in [0.2, 0.25) is 0 Å². The Morgan fingerprint density at radius 3 is 3.14 bits per heavy atom. The number of fused-ring (bicyclic) bond motifs is 1. The van der Waals surface area contributed by atoms with Crippen molar-refractivity contribution < 1.29 is 0 Å². The predicted octanol–water partition coefficient (Wildman–Crippen LogP) is 1.16. The average Bonchev–Trinajstić information content (AvgIpc) is 3.19. The Bertz CT molecular complexity index is 759. The van der Waals surface area contributed by atoms with E-state index in [1.165, 1.54) is 12.0 Å². The van der Waals surface area contributed by atoms with Gasteiger partial charge in [-0.05, 0) is 24.3 Å². The number of aryl methyl sites for hydroxylation is 1. The van der Waals surface area contributed by atoms with Crippen LogP contribution in [-0.4, -0.2) is 43.0 Å². The molecule has 1 aliphatic rings. The standard InChI is InChI=1S/C14H17N7/c1-20-7-11(5-18-20)4-10-2-3-21(8-10)14-12-6-17-19-13(12)15-9-16-14/h5-7,9-10H,2-4,8H2,1H3,(H,15,16,17,19). The molecule has 21 heavy (non-hydrogen) atoms. The summed E-state index contributed by atoms with van der Waals surface area (Å²) in [4.78, 5) is 11.0. The molecule has 1 aliphatic heterocycles. The summed E-state index contributed by atoms with van der Waals surface area (Å²) < 4.78 is 1.86. The smallest absolute Gasteiger partial charge is 0.160 e. The van der Waals surface area contributed by atoms with Crippen LogP contribution in [0.4, 0.5) is 5.82 Å². The number of anilines is 1. The van der Waals surface area contributed by atoms with Crippen LogP contribution in [0.5, 0.6) is 0 Å². The van der Waals surface area contributed by atoms with E-state index in [9.17, 15) is 0 Å². The zero-order chi connectivity index (χ0) is 14.2. The highest BCUT2D eigenvalue weighted by atomic mass is 15.2. The molecule has 108 valence electrons. The van der Waals surface area contributed by atoms with Gasteiger partial charge in [-0.2, -0.15) is 10.2 Å². The SMILES string of the molecule is Cn1cc(CC2CCN(c3ncnc4[nH]ncc34)C2)cn1. The molecule has 4 rings (SSSR count). The maximum Gasteiger partial charge on any atom is 0.160 e. The van der Waals surface area contributed by atoms with Crippen molar-refractivity contribution in [2.75, 3.05) is 18.0 Å². The largest absolute Gasteiger partial charge is 0.356 e. The zero-order valence-electron chi connectivity index (χ0n) is 11.9. The van der Waals surface area contributed by atoms with E-state index in [1.807, 2.05) is 17.9 Å². The topological polar surface area (TPSA) is 75.5 Å². The van der Waals surface area contributed by atoms with Crippen LogP contribution in [0.15, 0.2) is 24.9 Å². The van der Waals surface area contributed by atoms with Gasteiger partial charge in [0.1, 0.15) is 12.1 Å². The van der Waals surface area contributed by atoms with E-state index in [-0.39, 0.29) is 0 Å². The molecule has 7 nitrogen and oxygen atoms in total. The zero-order valence-corrected chi connectivity index (χ0v) is 11.9. The number of aromatic nitrogens is 6. The third-order valence-electron chi connectivity index (χ3n) is 4.10. The first kappa shape index (κ1) is 12.3. The van der Waals surface area contributed by atoms with Gasteiger partial charge in [-0.15, -0.1) is 0 Å². The maximum absolute atomic E-state index is 4.45. The minimum atomic E-state index is 0.645. The lowest BCUT2D eigenvalue weighted by Crippen LogP contribution is -2.21. The summed E-state index contributed by atoms with van der Waals surface area (Å²) in [5.41, 5.74) is 2.11. The quantitative estimate of drug-likeness (QED) is 0.780. The predicted molar refractivity (Wildman–Crippen MR) is 78.9 cm³/mol. The fourth-order valence-electron chi connectivity index (χ4n) is 3.11. The van der Waals surface area contributed by atoms with Crippen LogP contribution in [0.3, 0.4) is 0 Å². The van der Waals surface area contributed by atoms with Crippen LogP contribution in [0, 0.1) is 5.92 Å². The first-order valence-corrected chi connectivity index (χ1v) is 7.16. The molecular formula is C14H17N7. The molecule has 3 aromatic rings. The summed E-state index contributed by atoms with van der Waals surface area (Å²) >= 11 is 0. The van der Waals surface area contributed by atoms with Gasteiger partial charge in [0.25, 0.3) is 0 Å². The van der Waals surface area contributed by atoms with E-state index in [0.29, 0.717) is 5.92 Å². The Morgan fingerprint density at radius 2 is 2.29 bits per heavy atom. The second-order valence-electron chi connectivity index (χ2n) is 5.66. The normalized spacial score (nSPS) is 18.7. The molecule has 7 heteroatoms. The van der Waals surface area contributed by atoms with Crippen LogP contribution in [0.25, 0.3) is 11.0 Å². The third kappa shape index (κ3) is 2.24. The van der Waals surface area contributed by atoms with Crippen molar-refractivity contribution in [2.45, 2.75) is 12.8 Å². The van der Waals surface area contributed by atoms with Crippen molar-refractivity contribution in [1.82, 2.24) is 29.9 Å². The molecule has 0 saturated carbocycles. The molecule has 0 amide bonds. The Labute approximate surface area is 122 Å². The van der Waals surface area contributed by atoms with Gasteiger partial charge in [-0.3, -0.25) is 9.78 Å². The van der Waals surface area contributed by atoms with Gasteiger partial charge in [-0.1, -0.05) is 0 Å². The lowest BCUT2D eigenvalue weighted by atomic mass is 10.0. The van der Waals surface area contributed by atoms with E-state index in [2.05, 4.69) is 36.4 Å². The van der Waals surface area contributed by atoms with Crippen LogP contribution in [-0.2, 0) is 13.5 Å². The summed E-state index contributed by atoms with van der Waals surface area (Å²) in [6, 6.07) is 0. The van der Waals surface area contributed by atoms with E-state index in [1.54, 1.807) is 12.5 Å². The Balaban J connectivity index is 1.52. The third-order valence-corrected chi connectivity index (χ3v) is 4.10. The highest BCUT2D eigenvalue weighted by Crippen LogP contribution is 2.28. The molecule has 4 heterocycles. The van der Waals surface area contributed by atoms with Gasteiger partial charge in [0.15, 0.2) is 5.65 Å². The van der Waals surface area contributed by atoms with Crippen molar-refractivity contribution in [3.8, 4) is 0 Å². The molecular weight excluding hydrogens is 266 g/mol. The molecule has 0 aliphatic carbocycles. The van der Waals surface area contributed by atoms with Crippen LogP contribution in [0.2, 0.25) is 0 Å². The number of H-pyrrole nitrogens is 1. The molecule has 1 saturated heterocycles. The second kappa shape index (κ2) is 4.83. The van der Waals surface area contributed by atoms with E-state index in [0.717, 1.165) is 36.4 Å². The Morgan fingerprint density at radius 1 is 1.33 bits per heavy atom.